The number of nitrogens with two attached hydrogens (primary N) is 1. The molecule has 0 bridgehead atoms. The van der Waals surface area contributed by atoms with E-state index in [9.17, 15) is 4.79 Å². The Balaban J connectivity index is 2.04. The predicted octanol–water partition coefficient (Wildman–Crippen LogP) is 0.283. The van der Waals surface area contributed by atoms with Crippen molar-refractivity contribution in [2.75, 3.05) is 18.9 Å². The minimum atomic E-state index is -0.252. The van der Waals surface area contributed by atoms with Crippen molar-refractivity contribution in [3.05, 3.63) is 28.6 Å². The van der Waals surface area contributed by atoms with Crippen molar-refractivity contribution in [1.29, 1.82) is 0 Å². The van der Waals surface area contributed by atoms with Crippen molar-refractivity contribution in [1.82, 2.24) is 9.97 Å². The second-order valence-corrected chi connectivity index (χ2v) is 3.92. The minimum absolute atomic E-state index is 0.0237. The summed E-state index contributed by atoms with van der Waals surface area (Å²) in [4.78, 5) is 18.6. The van der Waals surface area contributed by atoms with Crippen LogP contribution in [0.25, 0.3) is 10.9 Å². The van der Waals surface area contributed by atoms with Gasteiger partial charge in [-0.3, -0.25) is 9.78 Å². The van der Waals surface area contributed by atoms with Crippen LogP contribution in [0.1, 0.15) is 0 Å². The summed E-state index contributed by atoms with van der Waals surface area (Å²) in [6.45, 7) is 1.06. The van der Waals surface area contributed by atoms with E-state index in [1.165, 1.54) is 0 Å². The maximum Gasteiger partial charge on any atom is 0.297 e. The molecule has 88 valence electrons. The highest BCUT2D eigenvalue weighted by atomic mass is 16.6. The Kier molecular flexibility index (Phi) is 2.22. The fourth-order valence-corrected chi connectivity index (χ4v) is 1.63. The molecule has 1 aromatic carbocycles. The van der Waals surface area contributed by atoms with Gasteiger partial charge in [0.2, 0.25) is 0 Å². The van der Waals surface area contributed by atoms with Gasteiger partial charge in [-0.1, -0.05) is 0 Å². The molecule has 1 aromatic heterocycles. The number of nitrogens with zero attached hydrogens (tertiary/aromatic N) is 1. The molecule has 1 aliphatic heterocycles. The molecule has 6 heteroatoms. The SMILES string of the molecule is Nc1ccc2nc(OC3COC3)[nH]c(=O)c2c1. The first-order valence-corrected chi connectivity index (χ1v) is 5.26. The number of aromatic nitrogens is 2. The molecule has 17 heavy (non-hydrogen) atoms. The smallest absolute Gasteiger partial charge is 0.297 e. The van der Waals surface area contributed by atoms with Gasteiger partial charge in [-0.25, -0.2) is 0 Å². The van der Waals surface area contributed by atoms with E-state index in [2.05, 4.69) is 9.97 Å². The monoisotopic (exact) mass is 233 g/mol. The molecule has 0 aliphatic carbocycles. The summed E-state index contributed by atoms with van der Waals surface area (Å²) >= 11 is 0. The molecule has 0 amide bonds. The highest BCUT2D eigenvalue weighted by Gasteiger charge is 2.21. The molecule has 3 rings (SSSR count). The van der Waals surface area contributed by atoms with E-state index >= 15 is 0 Å². The zero-order valence-corrected chi connectivity index (χ0v) is 8.97. The Bertz CT molecular complexity index is 619. The molecular formula is C11H11N3O3. The van der Waals surface area contributed by atoms with Gasteiger partial charge < -0.3 is 15.2 Å². The molecule has 6 nitrogen and oxygen atoms in total. The molecule has 2 aromatic rings. The van der Waals surface area contributed by atoms with Gasteiger partial charge in [0, 0.05) is 5.69 Å². The molecule has 0 saturated carbocycles. The van der Waals surface area contributed by atoms with E-state index in [0.29, 0.717) is 29.8 Å². The van der Waals surface area contributed by atoms with E-state index in [-0.39, 0.29) is 17.7 Å². The number of hydrogen-bond donors (Lipinski definition) is 2. The molecule has 3 N–H and O–H groups in total. The fourth-order valence-electron chi connectivity index (χ4n) is 1.63. The van der Waals surface area contributed by atoms with Gasteiger partial charge in [-0.05, 0) is 18.2 Å². The molecule has 2 heterocycles. The molecule has 0 spiro atoms. The second kappa shape index (κ2) is 3.74. The number of benzene rings is 1. The lowest BCUT2D eigenvalue weighted by molar-refractivity contribution is -0.0830. The van der Waals surface area contributed by atoms with Crippen LogP contribution in [0.5, 0.6) is 6.01 Å². The van der Waals surface area contributed by atoms with Gasteiger partial charge >= 0.3 is 0 Å². The lowest BCUT2D eigenvalue weighted by Crippen LogP contribution is -2.39. The number of ether oxygens (including phenoxy) is 2. The standard InChI is InChI=1S/C11H11N3O3/c12-6-1-2-9-8(3-6)10(15)14-11(13-9)17-7-4-16-5-7/h1-3,7H,4-5,12H2,(H,13,14,15). The third-order valence-corrected chi connectivity index (χ3v) is 2.59. The number of anilines is 1. The molecule has 0 atom stereocenters. The van der Waals surface area contributed by atoms with Crippen LogP contribution in [0.3, 0.4) is 0 Å². The van der Waals surface area contributed by atoms with Crippen molar-refractivity contribution in [2.45, 2.75) is 6.10 Å². The summed E-state index contributed by atoms with van der Waals surface area (Å²) in [5, 5.41) is 0.460. The zero-order valence-electron chi connectivity index (χ0n) is 8.97. The quantitative estimate of drug-likeness (QED) is 0.727. The first-order chi connectivity index (χ1) is 8.22. The summed E-state index contributed by atoms with van der Waals surface area (Å²) in [5.41, 5.74) is 6.46. The molecular weight excluding hydrogens is 222 g/mol. The van der Waals surface area contributed by atoms with Gasteiger partial charge in [0.1, 0.15) is 6.10 Å². The average Bonchev–Trinajstić information content (AvgIpc) is 2.25. The van der Waals surface area contributed by atoms with Gasteiger partial charge in [0.25, 0.3) is 11.6 Å². The van der Waals surface area contributed by atoms with Crippen LogP contribution < -0.4 is 16.0 Å². The molecule has 1 aliphatic rings. The van der Waals surface area contributed by atoms with Gasteiger partial charge in [-0.15, -0.1) is 0 Å². The first-order valence-electron chi connectivity index (χ1n) is 5.26. The average molecular weight is 233 g/mol. The Morgan fingerprint density at radius 1 is 1.47 bits per heavy atom. The number of rotatable bonds is 2. The highest BCUT2D eigenvalue weighted by molar-refractivity contribution is 5.81. The van der Waals surface area contributed by atoms with Crippen molar-refractivity contribution < 1.29 is 9.47 Å². The van der Waals surface area contributed by atoms with Crippen molar-refractivity contribution in [3.63, 3.8) is 0 Å². The van der Waals surface area contributed by atoms with E-state index in [4.69, 9.17) is 15.2 Å². The maximum atomic E-state index is 11.8. The minimum Gasteiger partial charge on any atom is -0.456 e. The normalized spacial score (nSPS) is 15.8. The van der Waals surface area contributed by atoms with Gasteiger partial charge in [-0.2, -0.15) is 4.98 Å². The van der Waals surface area contributed by atoms with Crippen molar-refractivity contribution in [2.24, 2.45) is 0 Å². The fraction of sp³-hybridized carbons (Fsp3) is 0.273. The van der Waals surface area contributed by atoms with E-state index < -0.39 is 0 Å². The summed E-state index contributed by atoms with van der Waals surface area (Å²) in [7, 11) is 0. The summed E-state index contributed by atoms with van der Waals surface area (Å²) < 4.78 is 10.4. The van der Waals surface area contributed by atoms with Crippen molar-refractivity contribution in [3.8, 4) is 6.01 Å². The summed E-state index contributed by atoms with van der Waals surface area (Å²) in [6, 6.07) is 5.22. The van der Waals surface area contributed by atoms with Crippen LogP contribution >= 0.6 is 0 Å². The third kappa shape index (κ3) is 1.83. The number of H-pyrrole nitrogens is 1. The summed E-state index contributed by atoms with van der Waals surface area (Å²) in [6.07, 6.45) is -0.0237. The van der Waals surface area contributed by atoms with Crippen LogP contribution in [0.2, 0.25) is 0 Å². The summed E-state index contributed by atoms with van der Waals surface area (Å²) in [5.74, 6) is 0. The van der Waals surface area contributed by atoms with E-state index in [0.717, 1.165) is 0 Å². The topological polar surface area (TPSA) is 90.2 Å². The predicted molar refractivity (Wildman–Crippen MR) is 62.0 cm³/mol. The first kappa shape index (κ1) is 10.1. The zero-order chi connectivity index (χ0) is 11.8. The lowest BCUT2D eigenvalue weighted by Gasteiger charge is -2.25. The number of fused-ring (bicyclic) bond motifs is 1. The van der Waals surface area contributed by atoms with Gasteiger partial charge in [0.15, 0.2) is 0 Å². The lowest BCUT2D eigenvalue weighted by atomic mass is 10.2. The second-order valence-electron chi connectivity index (χ2n) is 3.92. The maximum absolute atomic E-state index is 11.8. The number of nitrogen functional groups attached to an aromatic ring is 1. The Hall–Kier alpha value is -2.08. The Morgan fingerprint density at radius 3 is 3.00 bits per heavy atom. The molecule has 0 unspecified atom stereocenters. The number of aromatic amines is 1. The third-order valence-electron chi connectivity index (χ3n) is 2.59. The Morgan fingerprint density at radius 2 is 2.29 bits per heavy atom. The highest BCUT2D eigenvalue weighted by Crippen LogP contribution is 2.15. The van der Waals surface area contributed by atoms with Crippen LogP contribution in [0.4, 0.5) is 5.69 Å². The van der Waals surface area contributed by atoms with Crippen LogP contribution in [0, 0.1) is 0 Å². The molecule has 1 saturated heterocycles. The van der Waals surface area contributed by atoms with Crippen LogP contribution in [0.15, 0.2) is 23.0 Å². The Labute approximate surface area is 96.4 Å². The van der Waals surface area contributed by atoms with E-state index in [1.54, 1.807) is 18.2 Å². The van der Waals surface area contributed by atoms with Crippen molar-refractivity contribution >= 4 is 16.6 Å². The van der Waals surface area contributed by atoms with E-state index in [1.807, 2.05) is 0 Å². The van der Waals surface area contributed by atoms with Gasteiger partial charge in [0.05, 0.1) is 24.1 Å². The molecule has 0 radical (unpaired) electrons. The number of nitrogens with one attached hydrogen (secondary N) is 1. The van der Waals surface area contributed by atoms with Crippen LogP contribution in [-0.2, 0) is 4.74 Å². The molecule has 1 fully saturated rings. The van der Waals surface area contributed by atoms with Crippen LogP contribution in [-0.4, -0.2) is 29.3 Å². The number of hydrogen-bond acceptors (Lipinski definition) is 5. The largest absolute Gasteiger partial charge is 0.456 e.